The van der Waals surface area contributed by atoms with E-state index >= 15 is 0 Å². The van der Waals surface area contributed by atoms with Crippen LogP contribution in [0.25, 0.3) is 0 Å². The summed E-state index contributed by atoms with van der Waals surface area (Å²) in [6.45, 7) is 7.43. The Morgan fingerprint density at radius 1 is 1.09 bits per heavy atom. The molecule has 2 rings (SSSR count). The molecule has 1 aromatic rings. The third-order valence-electron chi connectivity index (χ3n) is 3.71. The molecule has 0 saturated carbocycles. The Labute approximate surface area is 133 Å². The summed E-state index contributed by atoms with van der Waals surface area (Å²) in [5, 5.41) is 0. The minimum absolute atomic E-state index is 0.404. The molecule has 1 aliphatic rings. The lowest BCUT2D eigenvalue weighted by molar-refractivity contribution is 0.226. The van der Waals surface area contributed by atoms with E-state index in [9.17, 15) is 4.57 Å². The quantitative estimate of drug-likeness (QED) is 0.696. The predicted molar refractivity (Wildman–Crippen MR) is 89.9 cm³/mol. The number of piperidine rings is 1. The van der Waals surface area contributed by atoms with E-state index in [1.807, 2.05) is 19.9 Å². The summed E-state index contributed by atoms with van der Waals surface area (Å²) in [7, 11) is -3.05. The molecule has 1 aromatic carbocycles. The highest BCUT2D eigenvalue weighted by Crippen LogP contribution is 2.51. The molecule has 0 N–H and O–H groups in total. The fourth-order valence-corrected chi connectivity index (χ4v) is 4.31. The lowest BCUT2D eigenvalue weighted by atomic mass is 10.1. The van der Waals surface area contributed by atoms with Crippen LogP contribution in [0.15, 0.2) is 41.7 Å². The summed E-state index contributed by atoms with van der Waals surface area (Å²) >= 11 is 0. The van der Waals surface area contributed by atoms with E-state index in [-0.39, 0.29) is 0 Å². The molecule has 0 aromatic heterocycles. The maximum Gasteiger partial charge on any atom is 0.354 e. The predicted octanol–water partition coefficient (Wildman–Crippen LogP) is 4.43. The lowest BCUT2D eigenvalue weighted by Crippen LogP contribution is -2.30. The molecular formula is C17H26NO3P. The second kappa shape index (κ2) is 8.64. The Kier molecular flexibility index (Phi) is 6.84. The summed E-state index contributed by atoms with van der Waals surface area (Å²) in [4.78, 5) is 2.43. The minimum Gasteiger partial charge on any atom is -0.306 e. The smallest absolute Gasteiger partial charge is 0.306 e. The summed E-state index contributed by atoms with van der Waals surface area (Å²) in [6.07, 6.45) is 1.86. The first-order chi connectivity index (χ1) is 10.6. The molecular weight excluding hydrogens is 297 g/mol. The zero-order valence-corrected chi connectivity index (χ0v) is 14.4. The van der Waals surface area contributed by atoms with Crippen molar-refractivity contribution in [1.29, 1.82) is 0 Å². The first-order valence-electron chi connectivity index (χ1n) is 8.01. The van der Waals surface area contributed by atoms with Gasteiger partial charge in [-0.15, -0.1) is 0 Å². The van der Waals surface area contributed by atoms with E-state index in [1.54, 1.807) is 5.82 Å². The maximum absolute atomic E-state index is 12.5. The highest BCUT2D eigenvalue weighted by atomic mass is 31.2. The Hall–Kier alpha value is -0.930. The van der Waals surface area contributed by atoms with Crippen LogP contribution in [0.3, 0.4) is 0 Å². The lowest BCUT2D eigenvalue weighted by Gasteiger charge is -2.29. The Balaban J connectivity index is 1.90. The Morgan fingerprint density at radius 2 is 1.68 bits per heavy atom. The Morgan fingerprint density at radius 3 is 2.23 bits per heavy atom. The molecule has 122 valence electrons. The van der Waals surface area contributed by atoms with Crippen LogP contribution in [0.5, 0.6) is 0 Å². The van der Waals surface area contributed by atoms with Crippen molar-refractivity contribution in [2.24, 2.45) is 0 Å². The van der Waals surface area contributed by atoms with Crippen molar-refractivity contribution in [3.63, 3.8) is 0 Å². The molecule has 0 unspecified atom stereocenters. The minimum atomic E-state index is -3.05. The van der Waals surface area contributed by atoms with E-state index < -0.39 is 7.60 Å². The molecule has 1 fully saturated rings. The summed E-state index contributed by atoms with van der Waals surface area (Å²) in [6, 6.07) is 10.5. The molecule has 5 heteroatoms. The first kappa shape index (κ1) is 17.4. The molecule has 4 nitrogen and oxygen atoms in total. The fourth-order valence-electron chi connectivity index (χ4n) is 2.66. The van der Waals surface area contributed by atoms with Gasteiger partial charge in [0.05, 0.1) is 13.2 Å². The topological polar surface area (TPSA) is 38.8 Å². The van der Waals surface area contributed by atoms with Crippen LogP contribution in [0.4, 0.5) is 0 Å². The molecule has 0 bridgehead atoms. The van der Waals surface area contributed by atoms with Crippen LogP contribution < -0.4 is 0 Å². The van der Waals surface area contributed by atoms with Gasteiger partial charge in [0.2, 0.25) is 0 Å². The van der Waals surface area contributed by atoms with Crippen molar-refractivity contribution in [3.8, 4) is 0 Å². The molecule has 22 heavy (non-hydrogen) atoms. The molecule has 0 spiro atoms. The third kappa shape index (κ3) is 5.36. The van der Waals surface area contributed by atoms with Crippen LogP contribution in [-0.4, -0.2) is 31.2 Å². The van der Waals surface area contributed by atoms with Crippen LogP contribution in [0.2, 0.25) is 0 Å². The highest BCUT2D eigenvalue weighted by molar-refractivity contribution is 7.57. The van der Waals surface area contributed by atoms with Crippen molar-refractivity contribution in [2.45, 2.75) is 33.2 Å². The van der Waals surface area contributed by atoms with Gasteiger partial charge >= 0.3 is 7.60 Å². The average molecular weight is 323 g/mol. The number of likely N-dealkylation sites (tertiary alicyclic amines) is 1. The fraction of sp³-hybridized carbons (Fsp3) is 0.529. The average Bonchev–Trinajstić information content (AvgIpc) is 2.51. The molecule has 0 atom stereocenters. The van der Waals surface area contributed by atoms with Crippen molar-refractivity contribution in [3.05, 3.63) is 47.3 Å². The van der Waals surface area contributed by atoms with Crippen LogP contribution in [0.1, 0.15) is 32.3 Å². The zero-order chi connectivity index (χ0) is 15.8. The first-order valence-corrected chi connectivity index (χ1v) is 9.62. The second-order valence-electron chi connectivity index (χ2n) is 5.42. The van der Waals surface area contributed by atoms with Crippen LogP contribution in [0, 0.1) is 0 Å². The van der Waals surface area contributed by atoms with Crippen LogP contribution in [-0.2, 0) is 20.2 Å². The molecule has 1 heterocycles. The number of nitrogens with zero attached hydrogens (tertiary/aromatic N) is 1. The van der Waals surface area contributed by atoms with E-state index in [4.69, 9.17) is 9.05 Å². The highest BCUT2D eigenvalue weighted by Gasteiger charge is 2.23. The van der Waals surface area contributed by atoms with Gasteiger partial charge in [0.25, 0.3) is 0 Å². The summed E-state index contributed by atoms with van der Waals surface area (Å²) in [5.41, 5.74) is 2.53. The van der Waals surface area contributed by atoms with Gasteiger partial charge in [-0.25, -0.2) is 0 Å². The van der Waals surface area contributed by atoms with E-state index in [0.29, 0.717) is 13.2 Å². The van der Waals surface area contributed by atoms with Gasteiger partial charge in [0.15, 0.2) is 0 Å². The standard InChI is InChI=1S/C17H26NO3P/c1-3-20-22(19,21-4-2)15-17-10-12-18(13-11-17)14-16-8-6-5-7-9-16/h5-9,15H,3-4,10-14H2,1-2H3. The molecule has 0 aliphatic carbocycles. The van der Waals surface area contributed by atoms with Crippen molar-refractivity contribution >= 4 is 7.60 Å². The number of hydrogen-bond donors (Lipinski definition) is 0. The summed E-state index contributed by atoms with van der Waals surface area (Å²) < 4.78 is 23.2. The molecule has 1 aliphatic heterocycles. The number of rotatable bonds is 7. The van der Waals surface area contributed by atoms with Gasteiger partial charge < -0.3 is 9.05 Å². The van der Waals surface area contributed by atoms with Gasteiger partial charge in [-0.05, 0) is 32.3 Å². The number of hydrogen-bond acceptors (Lipinski definition) is 4. The normalized spacial score (nSPS) is 16.7. The second-order valence-corrected chi connectivity index (χ2v) is 7.28. The van der Waals surface area contributed by atoms with Gasteiger partial charge in [0.1, 0.15) is 0 Å². The largest absolute Gasteiger partial charge is 0.354 e. The molecule has 0 radical (unpaired) electrons. The van der Waals surface area contributed by atoms with Gasteiger partial charge in [-0.1, -0.05) is 35.9 Å². The third-order valence-corrected chi connectivity index (χ3v) is 5.62. The number of benzene rings is 1. The molecule has 1 saturated heterocycles. The van der Waals surface area contributed by atoms with Crippen molar-refractivity contribution in [1.82, 2.24) is 4.90 Å². The maximum atomic E-state index is 12.5. The van der Waals surface area contributed by atoms with E-state index in [0.717, 1.165) is 32.5 Å². The van der Waals surface area contributed by atoms with Crippen molar-refractivity contribution in [2.75, 3.05) is 26.3 Å². The summed E-state index contributed by atoms with van der Waals surface area (Å²) in [5.74, 6) is 1.75. The van der Waals surface area contributed by atoms with E-state index in [1.165, 1.54) is 11.1 Å². The van der Waals surface area contributed by atoms with Gasteiger partial charge in [-0.2, -0.15) is 0 Å². The Bertz CT molecular complexity index is 510. The molecule has 0 amide bonds. The zero-order valence-electron chi connectivity index (χ0n) is 13.5. The van der Waals surface area contributed by atoms with Gasteiger partial charge in [0, 0.05) is 25.5 Å². The van der Waals surface area contributed by atoms with E-state index in [2.05, 4.69) is 29.2 Å². The van der Waals surface area contributed by atoms with Crippen molar-refractivity contribution < 1.29 is 13.6 Å². The van der Waals surface area contributed by atoms with Crippen LogP contribution >= 0.6 is 7.60 Å². The van der Waals surface area contributed by atoms with Gasteiger partial charge in [-0.3, -0.25) is 9.46 Å². The monoisotopic (exact) mass is 323 g/mol. The SMILES string of the molecule is CCOP(=O)(C=C1CCN(Cc2ccccc2)CC1)OCC.